The molecule has 3 aliphatic rings. The first-order valence-electron chi connectivity index (χ1n) is 9.99. The molecule has 0 saturated carbocycles. The first-order chi connectivity index (χ1) is 11.7. The third-order valence-corrected chi connectivity index (χ3v) is 6.45. The zero-order valence-electron chi connectivity index (χ0n) is 15.3. The van der Waals surface area contributed by atoms with Crippen molar-refractivity contribution in [3.8, 4) is 0 Å². The monoisotopic (exact) mass is 346 g/mol. The second-order valence-corrected chi connectivity index (χ2v) is 8.41. The zero-order chi connectivity index (χ0) is 16.8. The maximum Gasteiger partial charge on any atom is 0.101 e. The number of nitrogens with zero attached hydrogens (tertiary/aromatic N) is 1. The van der Waals surface area contributed by atoms with Gasteiger partial charge in [0.2, 0.25) is 0 Å². The van der Waals surface area contributed by atoms with Crippen molar-refractivity contribution >= 4 is 11.6 Å². The van der Waals surface area contributed by atoms with Crippen LogP contribution in [0.5, 0.6) is 0 Å². The van der Waals surface area contributed by atoms with Gasteiger partial charge in [-0.1, -0.05) is 56.0 Å². The van der Waals surface area contributed by atoms with Crippen LogP contribution in [0.3, 0.4) is 0 Å². The molecule has 0 unspecified atom stereocenters. The predicted molar refractivity (Wildman–Crippen MR) is 104 cm³/mol. The van der Waals surface area contributed by atoms with Crippen molar-refractivity contribution in [1.29, 1.82) is 0 Å². The molecule has 132 valence electrons. The van der Waals surface area contributed by atoms with Gasteiger partial charge in [-0.3, -0.25) is 0 Å². The maximum atomic E-state index is 5.99. The fourth-order valence-electron chi connectivity index (χ4n) is 4.61. The minimum atomic E-state index is 0.835. The normalized spacial score (nSPS) is 27.8. The van der Waals surface area contributed by atoms with E-state index in [2.05, 4.69) is 25.1 Å². The summed E-state index contributed by atoms with van der Waals surface area (Å²) < 4.78 is 1.38. The molecule has 1 aromatic carbocycles. The standard InChI is InChI=1S/C22H33ClN/c1-2-3-4-5-6-15-24-16-13-20(14-17-24)21(18-24)10-7-19-8-11-22(23)12-9-19/h8-12,20H,2-7,13-18H2,1H3/q+1. The summed E-state index contributed by atoms with van der Waals surface area (Å²) in [6, 6.07) is 8.35. The highest BCUT2D eigenvalue weighted by Gasteiger charge is 2.41. The minimum Gasteiger partial charge on any atom is -0.320 e. The van der Waals surface area contributed by atoms with E-state index in [1.54, 1.807) is 5.57 Å². The Kier molecular flexibility index (Phi) is 6.41. The Bertz CT molecular complexity index is 538. The van der Waals surface area contributed by atoms with Crippen molar-refractivity contribution in [2.75, 3.05) is 26.2 Å². The molecule has 3 heterocycles. The molecule has 0 atom stereocenters. The summed E-state index contributed by atoms with van der Waals surface area (Å²) in [6.07, 6.45) is 13.5. The Morgan fingerprint density at radius 1 is 1.04 bits per heavy atom. The Labute approximate surface area is 153 Å². The fourth-order valence-corrected chi connectivity index (χ4v) is 4.74. The van der Waals surface area contributed by atoms with Crippen LogP contribution in [0.1, 0.15) is 57.4 Å². The van der Waals surface area contributed by atoms with Gasteiger partial charge in [0.1, 0.15) is 6.54 Å². The lowest BCUT2D eigenvalue weighted by Gasteiger charge is -2.50. The minimum absolute atomic E-state index is 0.835. The van der Waals surface area contributed by atoms with Gasteiger partial charge in [-0.2, -0.15) is 0 Å². The lowest BCUT2D eigenvalue weighted by molar-refractivity contribution is -0.936. The van der Waals surface area contributed by atoms with Gasteiger partial charge >= 0.3 is 0 Å². The molecule has 2 heteroatoms. The number of piperidine rings is 3. The molecule has 1 nitrogen and oxygen atoms in total. The molecule has 0 aromatic heterocycles. The van der Waals surface area contributed by atoms with Gasteiger partial charge in [0.25, 0.3) is 0 Å². The molecule has 3 saturated heterocycles. The predicted octanol–water partition coefficient (Wildman–Crippen LogP) is 6.02. The number of rotatable bonds is 8. The second-order valence-electron chi connectivity index (χ2n) is 7.97. The van der Waals surface area contributed by atoms with Gasteiger partial charge in [-0.25, -0.2) is 0 Å². The zero-order valence-corrected chi connectivity index (χ0v) is 16.0. The lowest BCUT2D eigenvalue weighted by Crippen LogP contribution is -2.59. The number of hydrogen-bond acceptors (Lipinski definition) is 0. The number of fused-ring (bicyclic) bond motifs is 3. The number of benzene rings is 1. The van der Waals surface area contributed by atoms with Crippen molar-refractivity contribution in [3.63, 3.8) is 0 Å². The van der Waals surface area contributed by atoms with Crippen LogP contribution in [0.15, 0.2) is 35.9 Å². The summed E-state index contributed by atoms with van der Waals surface area (Å²) in [5.41, 5.74) is 3.13. The van der Waals surface area contributed by atoms with E-state index in [1.165, 1.54) is 81.2 Å². The highest BCUT2D eigenvalue weighted by molar-refractivity contribution is 6.30. The van der Waals surface area contributed by atoms with Crippen LogP contribution in [0.25, 0.3) is 0 Å². The molecule has 24 heavy (non-hydrogen) atoms. The SMILES string of the molecule is CCCCCCC[N+]12CCC(CC1)C(=CCc1ccc(Cl)cc1)C2. The Morgan fingerprint density at radius 2 is 1.75 bits per heavy atom. The van der Waals surface area contributed by atoms with Crippen LogP contribution in [-0.2, 0) is 6.42 Å². The van der Waals surface area contributed by atoms with Gasteiger partial charge in [0.05, 0.1) is 19.6 Å². The average molecular weight is 347 g/mol. The van der Waals surface area contributed by atoms with Crippen LogP contribution in [0, 0.1) is 5.92 Å². The van der Waals surface area contributed by atoms with Gasteiger partial charge in [-0.05, 0) is 48.4 Å². The van der Waals surface area contributed by atoms with Crippen molar-refractivity contribution in [2.45, 2.75) is 58.3 Å². The number of halogens is 1. The second kappa shape index (κ2) is 8.54. The first kappa shape index (κ1) is 18.0. The van der Waals surface area contributed by atoms with E-state index >= 15 is 0 Å². The highest BCUT2D eigenvalue weighted by Crippen LogP contribution is 2.38. The largest absolute Gasteiger partial charge is 0.320 e. The summed E-state index contributed by atoms with van der Waals surface area (Å²) in [5, 5.41) is 0.835. The molecule has 0 aliphatic carbocycles. The van der Waals surface area contributed by atoms with E-state index in [-0.39, 0.29) is 0 Å². The summed E-state index contributed by atoms with van der Waals surface area (Å²) in [5.74, 6) is 0.873. The molecule has 1 aromatic rings. The molecule has 0 amide bonds. The van der Waals surface area contributed by atoms with E-state index in [9.17, 15) is 0 Å². The van der Waals surface area contributed by atoms with Crippen LogP contribution in [-0.4, -0.2) is 30.7 Å². The van der Waals surface area contributed by atoms with Crippen LogP contribution >= 0.6 is 11.6 Å². The molecule has 4 rings (SSSR count). The number of allylic oxidation sites excluding steroid dienone is 1. The third-order valence-electron chi connectivity index (χ3n) is 6.20. The number of quaternary nitrogens is 1. The molecular formula is C22H33ClN+. The molecule has 0 radical (unpaired) electrons. The fraction of sp³-hybridized carbons (Fsp3) is 0.636. The summed E-state index contributed by atoms with van der Waals surface area (Å²) in [7, 11) is 0. The van der Waals surface area contributed by atoms with Crippen LogP contribution in [0.2, 0.25) is 5.02 Å². The van der Waals surface area contributed by atoms with Crippen molar-refractivity contribution in [2.24, 2.45) is 5.92 Å². The van der Waals surface area contributed by atoms with Gasteiger partial charge in [0.15, 0.2) is 0 Å². The quantitative estimate of drug-likeness (QED) is 0.307. The van der Waals surface area contributed by atoms with E-state index in [1.807, 2.05) is 12.1 Å². The maximum absolute atomic E-state index is 5.99. The topological polar surface area (TPSA) is 0 Å². The molecule has 2 bridgehead atoms. The number of unbranched alkanes of at least 4 members (excludes halogenated alkanes) is 4. The van der Waals surface area contributed by atoms with Crippen LogP contribution < -0.4 is 0 Å². The molecule has 3 fully saturated rings. The van der Waals surface area contributed by atoms with E-state index < -0.39 is 0 Å². The van der Waals surface area contributed by atoms with Gasteiger partial charge < -0.3 is 4.48 Å². The smallest absolute Gasteiger partial charge is 0.101 e. The van der Waals surface area contributed by atoms with Crippen molar-refractivity contribution in [3.05, 3.63) is 46.5 Å². The van der Waals surface area contributed by atoms with Gasteiger partial charge in [-0.15, -0.1) is 0 Å². The van der Waals surface area contributed by atoms with Crippen LogP contribution in [0.4, 0.5) is 0 Å². The van der Waals surface area contributed by atoms with Crippen molar-refractivity contribution in [1.82, 2.24) is 0 Å². The summed E-state index contributed by atoms with van der Waals surface area (Å²) >= 11 is 5.99. The molecule has 0 spiro atoms. The Morgan fingerprint density at radius 3 is 2.46 bits per heavy atom. The third kappa shape index (κ3) is 4.64. The molecular weight excluding hydrogens is 314 g/mol. The average Bonchev–Trinajstić information content (AvgIpc) is 2.62. The van der Waals surface area contributed by atoms with Gasteiger partial charge in [0, 0.05) is 17.9 Å². The molecule has 3 aliphatic heterocycles. The Hall–Kier alpha value is -0.790. The highest BCUT2D eigenvalue weighted by atomic mass is 35.5. The van der Waals surface area contributed by atoms with Crippen molar-refractivity contribution < 1.29 is 4.48 Å². The lowest BCUT2D eigenvalue weighted by atomic mass is 9.80. The van der Waals surface area contributed by atoms with E-state index in [4.69, 9.17) is 11.6 Å². The van der Waals surface area contributed by atoms with E-state index in [0.29, 0.717) is 0 Å². The number of hydrogen-bond donors (Lipinski definition) is 0. The summed E-state index contributed by atoms with van der Waals surface area (Å²) in [6.45, 7) is 7.89. The summed E-state index contributed by atoms with van der Waals surface area (Å²) in [4.78, 5) is 0. The first-order valence-corrected chi connectivity index (χ1v) is 10.4. The molecule has 0 N–H and O–H groups in total. The Balaban J connectivity index is 1.55. The van der Waals surface area contributed by atoms with E-state index in [0.717, 1.165) is 17.4 Å².